The van der Waals surface area contributed by atoms with Gasteiger partial charge in [0, 0.05) is 49.9 Å². The number of carbonyl (C=O) groups excluding carboxylic acids is 2. The molecule has 34 heavy (non-hydrogen) atoms. The molecular weight excluding hydrogens is 426 g/mol. The molecule has 1 N–H and O–H groups in total. The summed E-state index contributed by atoms with van der Waals surface area (Å²) in [4.78, 5) is 32.3. The van der Waals surface area contributed by atoms with Gasteiger partial charge in [-0.3, -0.25) is 19.3 Å². The van der Waals surface area contributed by atoms with Crippen LogP contribution in [-0.2, 0) is 37.3 Å². The Morgan fingerprint density at radius 2 is 1.94 bits per heavy atom. The smallest absolute Gasteiger partial charge is 0.272 e. The summed E-state index contributed by atoms with van der Waals surface area (Å²) in [5.41, 5.74) is 5.64. The molecule has 7 heteroatoms. The van der Waals surface area contributed by atoms with Crippen LogP contribution >= 0.6 is 0 Å². The van der Waals surface area contributed by atoms with Gasteiger partial charge in [-0.2, -0.15) is 5.10 Å². The third kappa shape index (κ3) is 5.19. The average Bonchev–Trinajstić information content (AvgIpc) is 3.62. The van der Waals surface area contributed by atoms with E-state index in [1.165, 1.54) is 24.0 Å². The molecule has 3 heterocycles. The lowest BCUT2D eigenvalue weighted by Crippen LogP contribution is -2.37. The van der Waals surface area contributed by atoms with Gasteiger partial charge in [-0.1, -0.05) is 35.9 Å². The summed E-state index contributed by atoms with van der Waals surface area (Å²) in [5.74, 6) is 0.578. The molecule has 1 saturated carbocycles. The first-order valence-corrected chi connectivity index (χ1v) is 12.2. The highest BCUT2D eigenvalue weighted by Crippen LogP contribution is 2.32. The number of hydrogen-bond acceptors (Lipinski definition) is 4. The third-order valence-electron chi connectivity index (χ3n) is 6.73. The number of carbonyl (C=O) groups is 2. The number of fused-ring (bicyclic) bond motifs is 1. The number of aryl methyl sites for hydroxylation is 2. The summed E-state index contributed by atoms with van der Waals surface area (Å²) in [6.45, 7) is 4.39. The highest BCUT2D eigenvalue weighted by Gasteiger charge is 2.32. The first-order valence-electron chi connectivity index (χ1n) is 12.2. The molecule has 0 saturated heterocycles. The molecule has 5 rings (SSSR count). The molecule has 7 nitrogen and oxygen atoms in total. The van der Waals surface area contributed by atoms with E-state index in [1.54, 1.807) is 6.20 Å². The topological polar surface area (TPSA) is 80.1 Å². The van der Waals surface area contributed by atoms with Crippen LogP contribution in [0.3, 0.4) is 0 Å². The highest BCUT2D eigenvalue weighted by molar-refractivity contribution is 5.94. The summed E-state index contributed by atoms with van der Waals surface area (Å²) in [5, 5.41) is 7.69. The lowest BCUT2D eigenvalue weighted by Gasteiger charge is -2.28. The fourth-order valence-electron chi connectivity index (χ4n) is 4.50. The molecule has 1 aromatic carbocycles. The molecule has 176 valence electrons. The van der Waals surface area contributed by atoms with E-state index in [1.807, 2.05) is 27.8 Å². The van der Waals surface area contributed by atoms with Gasteiger partial charge in [-0.15, -0.1) is 0 Å². The van der Waals surface area contributed by atoms with Crippen LogP contribution in [-0.4, -0.2) is 38.0 Å². The number of hydrogen-bond donors (Lipinski definition) is 1. The molecule has 3 aromatic rings. The zero-order valence-electron chi connectivity index (χ0n) is 19.7. The van der Waals surface area contributed by atoms with Crippen LogP contribution in [0.2, 0.25) is 0 Å². The number of amides is 2. The van der Waals surface area contributed by atoms with Gasteiger partial charge in [-0.05, 0) is 49.8 Å². The van der Waals surface area contributed by atoms with Crippen molar-refractivity contribution in [2.24, 2.45) is 5.92 Å². The van der Waals surface area contributed by atoms with Crippen molar-refractivity contribution in [2.45, 2.75) is 58.7 Å². The Morgan fingerprint density at radius 1 is 1.12 bits per heavy atom. The summed E-state index contributed by atoms with van der Waals surface area (Å²) < 4.78 is 2.02. The van der Waals surface area contributed by atoms with Gasteiger partial charge in [0.05, 0.1) is 12.2 Å². The van der Waals surface area contributed by atoms with Crippen LogP contribution in [0, 0.1) is 12.8 Å². The van der Waals surface area contributed by atoms with Crippen molar-refractivity contribution >= 4 is 11.8 Å². The number of benzene rings is 1. The van der Waals surface area contributed by atoms with Crippen molar-refractivity contribution in [3.05, 3.63) is 82.4 Å². The van der Waals surface area contributed by atoms with Gasteiger partial charge in [0.25, 0.3) is 5.91 Å². The second kappa shape index (κ2) is 9.79. The van der Waals surface area contributed by atoms with Crippen LogP contribution in [0.1, 0.15) is 57.8 Å². The van der Waals surface area contributed by atoms with Crippen LogP contribution in [0.4, 0.5) is 0 Å². The van der Waals surface area contributed by atoms with Crippen LogP contribution in [0.25, 0.3) is 0 Å². The molecule has 1 aliphatic heterocycles. The Balaban J connectivity index is 1.29. The van der Waals surface area contributed by atoms with Gasteiger partial charge in [0.15, 0.2) is 5.69 Å². The van der Waals surface area contributed by atoms with E-state index in [0.717, 1.165) is 36.3 Å². The molecule has 0 spiro atoms. The lowest BCUT2D eigenvalue weighted by atomic mass is 10.0. The standard InChI is InChI=1S/C27H31N5O2/c1-19-5-7-20(8-6-19)11-12-25(33)31-15-13-24-23(18-31)26(30-32(24)17-21-9-10-21)27(34)29-16-22-4-2-3-14-28-22/h2-8,14,21H,9-13,15-18H2,1H3,(H,29,34). The first-order chi connectivity index (χ1) is 16.6. The second-order valence-corrected chi connectivity index (χ2v) is 9.45. The van der Waals surface area contributed by atoms with Crippen molar-refractivity contribution in [3.63, 3.8) is 0 Å². The van der Waals surface area contributed by atoms with E-state index < -0.39 is 0 Å². The Labute approximate surface area is 200 Å². The Hall–Kier alpha value is -3.48. The summed E-state index contributed by atoms with van der Waals surface area (Å²) in [6.07, 6.45) is 6.09. The molecule has 0 radical (unpaired) electrons. The molecule has 1 fully saturated rings. The lowest BCUT2D eigenvalue weighted by molar-refractivity contribution is -0.132. The van der Waals surface area contributed by atoms with Crippen molar-refractivity contribution in [3.8, 4) is 0 Å². The van der Waals surface area contributed by atoms with Gasteiger partial charge in [0.1, 0.15) is 0 Å². The minimum atomic E-state index is -0.203. The summed E-state index contributed by atoms with van der Waals surface area (Å²) >= 11 is 0. The minimum Gasteiger partial charge on any atom is -0.345 e. The predicted molar refractivity (Wildman–Crippen MR) is 129 cm³/mol. The van der Waals surface area contributed by atoms with Crippen LogP contribution in [0.5, 0.6) is 0 Å². The SMILES string of the molecule is Cc1ccc(CCC(=O)N2CCc3c(c(C(=O)NCc4ccccn4)nn3CC3CC3)C2)cc1. The molecular formula is C27H31N5O2. The molecule has 1 aliphatic carbocycles. The van der Waals surface area contributed by atoms with Crippen LogP contribution < -0.4 is 5.32 Å². The highest BCUT2D eigenvalue weighted by atomic mass is 16.2. The number of rotatable bonds is 8. The normalized spacial score (nSPS) is 15.1. The zero-order chi connectivity index (χ0) is 23.5. The van der Waals surface area contributed by atoms with E-state index >= 15 is 0 Å². The molecule has 0 unspecified atom stereocenters. The van der Waals surface area contributed by atoms with Crippen LogP contribution in [0.15, 0.2) is 48.7 Å². The minimum absolute atomic E-state index is 0.126. The zero-order valence-corrected chi connectivity index (χ0v) is 19.7. The molecule has 0 bridgehead atoms. The van der Waals surface area contributed by atoms with Crippen molar-refractivity contribution in [2.75, 3.05) is 6.54 Å². The largest absolute Gasteiger partial charge is 0.345 e. The van der Waals surface area contributed by atoms with Gasteiger partial charge >= 0.3 is 0 Å². The van der Waals surface area contributed by atoms with E-state index in [4.69, 9.17) is 5.10 Å². The maximum Gasteiger partial charge on any atom is 0.272 e. The Kier molecular flexibility index (Phi) is 6.43. The van der Waals surface area contributed by atoms with Gasteiger partial charge in [0.2, 0.25) is 5.91 Å². The molecule has 2 amide bonds. The number of nitrogens with one attached hydrogen (secondary N) is 1. The fraction of sp³-hybridized carbons (Fsp3) is 0.407. The van der Waals surface area contributed by atoms with Crippen molar-refractivity contribution < 1.29 is 9.59 Å². The number of aromatic nitrogens is 3. The maximum absolute atomic E-state index is 13.1. The first kappa shape index (κ1) is 22.3. The molecule has 0 atom stereocenters. The summed E-state index contributed by atoms with van der Waals surface area (Å²) in [7, 11) is 0. The second-order valence-electron chi connectivity index (χ2n) is 9.45. The third-order valence-corrected chi connectivity index (χ3v) is 6.73. The van der Waals surface area contributed by atoms with E-state index in [-0.39, 0.29) is 11.8 Å². The van der Waals surface area contributed by atoms with Gasteiger partial charge in [-0.25, -0.2) is 0 Å². The molecule has 2 aromatic heterocycles. The number of pyridine rings is 1. The monoisotopic (exact) mass is 457 g/mol. The Bertz CT molecular complexity index is 1170. The maximum atomic E-state index is 13.1. The quantitative estimate of drug-likeness (QED) is 0.562. The van der Waals surface area contributed by atoms with Crippen molar-refractivity contribution in [1.82, 2.24) is 25.0 Å². The Morgan fingerprint density at radius 3 is 2.68 bits per heavy atom. The van der Waals surface area contributed by atoms with Crippen molar-refractivity contribution in [1.29, 1.82) is 0 Å². The van der Waals surface area contributed by atoms with E-state index in [0.29, 0.717) is 37.7 Å². The average molecular weight is 458 g/mol. The summed E-state index contributed by atoms with van der Waals surface area (Å²) in [6, 6.07) is 14.0. The van der Waals surface area contributed by atoms with Gasteiger partial charge < -0.3 is 10.2 Å². The molecule has 2 aliphatic rings. The van der Waals surface area contributed by atoms with E-state index in [2.05, 4.69) is 41.5 Å². The fourth-order valence-corrected chi connectivity index (χ4v) is 4.50. The number of nitrogens with zero attached hydrogens (tertiary/aromatic N) is 4. The predicted octanol–water partition coefficient (Wildman–Crippen LogP) is 3.44. The van der Waals surface area contributed by atoms with E-state index in [9.17, 15) is 9.59 Å².